The van der Waals surface area contributed by atoms with Gasteiger partial charge in [-0.25, -0.2) is 0 Å². The predicted octanol–water partition coefficient (Wildman–Crippen LogP) is 2.82. The third kappa shape index (κ3) is 2.79. The van der Waals surface area contributed by atoms with Crippen LogP contribution >= 0.6 is 34.8 Å². The fraction of sp³-hybridized carbons (Fsp3) is 0.364. The summed E-state index contributed by atoms with van der Waals surface area (Å²) in [5, 5.41) is 2.59. The summed E-state index contributed by atoms with van der Waals surface area (Å²) in [5.74, 6) is 0.0393. The second kappa shape index (κ2) is 4.23. The zero-order valence-electron chi connectivity index (χ0n) is 8.97. The van der Waals surface area contributed by atoms with E-state index in [0.29, 0.717) is 6.42 Å². The Balaban J connectivity index is 2.13. The third-order valence-electron chi connectivity index (χ3n) is 2.47. The van der Waals surface area contributed by atoms with Crippen molar-refractivity contribution in [1.82, 2.24) is 5.32 Å². The van der Waals surface area contributed by atoms with Crippen molar-refractivity contribution in [2.24, 2.45) is 0 Å². The molecule has 0 radical (unpaired) electrons. The average molecular weight is 295 g/mol. The van der Waals surface area contributed by atoms with Gasteiger partial charge in [-0.3, -0.25) is 4.79 Å². The van der Waals surface area contributed by atoms with E-state index in [1.807, 2.05) is 24.3 Å². The molecule has 1 aliphatic heterocycles. The van der Waals surface area contributed by atoms with Crippen molar-refractivity contribution in [3.05, 3.63) is 29.8 Å². The van der Waals surface area contributed by atoms with Gasteiger partial charge in [-0.15, -0.1) is 0 Å². The van der Waals surface area contributed by atoms with Crippen molar-refractivity contribution in [3.8, 4) is 5.75 Å². The van der Waals surface area contributed by atoms with Crippen LogP contribution in [0.4, 0.5) is 0 Å². The first-order valence-corrected chi connectivity index (χ1v) is 6.10. The summed E-state index contributed by atoms with van der Waals surface area (Å²) in [4.78, 5) is 11.6. The molecule has 0 saturated heterocycles. The summed E-state index contributed by atoms with van der Waals surface area (Å²) in [7, 11) is 0. The summed E-state index contributed by atoms with van der Waals surface area (Å²) < 4.78 is 3.67. The van der Waals surface area contributed by atoms with Gasteiger partial charge >= 0.3 is 0 Å². The Morgan fingerprint density at radius 3 is 2.65 bits per heavy atom. The minimum absolute atomic E-state index is 0.537. The number of hydrogen-bond acceptors (Lipinski definition) is 2. The van der Waals surface area contributed by atoms with Gasteiger partial charge < -0.3 is 10.1 Å². The van der Waals surface area contributed by atoms with Crippen LogP contribution in [0.3, 0.4) is 0 Å². The van der Waals surface area contributed by atoms with Crippen molar-refractivity contribution < 1.29 is 9.53 Å². The summed E-state index contributed by atoms with van der Waals surface area (Å²) in [6.07, 6.45) is 0.537. The second-order valence-electron chi connectivity index (χ2n) is 4.07. The molecule has 0 saturated carbocycles. The fourth-order valence-electron chi connectivity index (χ4n) is 1.77. The van der Waals surface area contributed by atoms with Crippen molar-refractivity contribution >= 4 is 40.7 Å². The zero-order chi connectivity index (χ0) is 12.7. The van der Waals surface area contributed by atoms with E-state index in [0.717, 1.165) is 11.3 Å². The van der Waals surface area contributed by atoms with Crippen LogP contribution in [0.2, 0.25) is 0 Å². The number of alkyl halides is 3. The summed E-state index contributed by atoms with van der Waals surface area (Å²) >= 11 is 16.5. The molecule has 1 amide bonds. The number of para-hydroxylation sites is 1. The highest BCUT2D eigenvalue weighted by molar-refractivity contribution is 6.76. The van der Waals surface area contributed by atoms with E-state index in [4.69, 9.17) is 39.5 Å². The highest BCUT2D eigenvalue weighted by Gasteiger charge is 2.41. The van der Waals surface area contributed by atoms with Gasteiger partial charge in [-0.1, -0.05) is 53.0 Å². The van der Waals surface area contributed by atoms with Gasteiger partial charge in [0.25, 0.3) is 9.70 Å². The maximum atomic E-state index is 11.6. The van der Waals surface area contributed by atoms with Gasteiger partial charge in [-0.05, 0) is 13.0 Å². The number of ether oxygens (including phenoxy) is 1. The van der Waals surface area contributed by atoms with Crippen molar-refractivity contribution in [1.29, 1.82) is 0 Å². The lowest BCUT2D eigenvalue weighted by molar-refractivity contribution is -0.125. The third-order valence-corrected chi connectivity index (χ3v) is 2.99. The standard InChI is InChI=1S/C11H10Cl3NO2/c1-10(15-9(16)11(12,13)14)6-7-4-2-3-5-8(7)17-10/h2-5H,6H2,1H3,(H,15,16). The smallest absolute Gasteiger partial charge is 0.275 e. The minimum Gasteiger partial charge on any atom is -0.468 e. The highest BCUT2D eigenvalue weighted by atomic mass is 35.6. The number of nitrogens with one attached hydrogen (secondary N) is 1. The fourth-order valence-corrected chi connectivity index (χ4v) is 1.91. The van der Waals surface area contributed by atoms with E-state index < -0.39 is 15.4 Å². The molecule has 17 heavy (non-hydrogen) atoms. The predicted molar refractivity (Wildman–Crippen MR) is 67.6 cm³/mol. The normalized spacial score (nSPS) is 22.8. The van der Waals surface area contributed by atoms with Crippen LogP contribution in [0.25, 0.3) is 0 Å². The lowest BCUT2D eigenvalue weighted by Gasteiger charge is -2.27. The molecule has 1 heterocycles. The Bertz CT molecular complexity index is 431. The van der Waals surface area contributed by atoms with E-state index in [-0.39, 0.29) is 0 Å². The van der Waals surface area contributed by atoms with Crippen LogP contribution in [0, 0.1) is 0 Å². The van der Waals surface area contributed by atoms with Crippen molar-refractivity contribution in [2.75, 3.05) is 0 Å². The van der Waals surface area contributed by atoms with E-state index in [1.54, 1.807) is 6.92 Å². The van der Waals surface area contributed by atoms with Gasteiger partial charge in [0.2, 0.25) is 0 Å². The van der Waals surface area contributed by atoms with Crippen LogP contribution in [-0.2, 0) is 11.2 Å². The molecule has 3 nitrogen and oxygen atoms in total. The summed E-state index contributed by atoms with van der Waals surface area (Å²) in [5.41, 5.74) is 0.143. The lowest BCUT2D eigenvalue weighted by atomic mass is 10.1. The molecule has 0 spiro atoms. The molecular weight excluding hydrogens is 284 g/mol. The Morgan fingerprint density at radius 2 is 2.06 bits per heavy atom. The Kier molecular flexibility index (Phi) is 3.19. The molecule has 1 N–H and O–H groups in total. The largest absolute Gasteiger partial charge is 0.468 e. The van der Waals surface area contributed by atoms with Crippen LogP contribution in [0.5, 0.6) is 5.75 Å². The maximum absolute atomic E-state index is 11.6. The Morgan fingerprint density at radius 1 is 1.41 bits per heavy atom. The van der Waals surface area contributed by atoms with Crippen molar-refractivity contribution in [2.45, 2.75) is 22.9 Å². The Hall–Kier alpha value is -0.640. The molecule has 1 unspecified atom stereocenters. The summed E-state index contributed by atoms with van der Waals surface area (Å²) in [6.45, 7) is 1.74. The number of rotatable bonds is 1. The first kappa shape index (κ1) is 12.8. The molecule has 0 bridgehead atoms. The van der Waals surface area contributed by atoms with E-state index in [9.17, 15) is 4.79 Å². The minimum atomic E-state index is -1.98. The van der Waals surface area contributed by atoms with Gasteiger partial charge in [0.1, 0.15) is 5.75 Å². The molecule has 1 aromatic carbocycles. The lowest BCUT2D eigenvalue weighted by Crippen LogP contribution is -2.53. The molecule has 1 aromatic rings. The molecule has 0 aromatic heterocycles. The average Bonchev–Trinajstić information content (AvgIpc) is 2.51. The highest BCUT2D eigenvalue weighted by Crippen LogP contribution is 2.34. The van der Waals surface area contributed by atoms with Gasteiger partial charge in [-0.2, -0.15) is 0 Å². The quantitative estimate of drug-likeness (QED) is 0.809. The number of benzene rings is 1. The second-order valence-corrected chi connectivity index (χ2v) is 6.35. The number of halogens is 3. The maximum Gasteiger partial charge on any atom is 0.275 e. The Labute approximate surface area is 114 Å². The molecule has 1 atom stereocenters. The molecule has 6 heteroatoms. The SMILES string of the molecule is CC1(NC(=O)C(Cl)(Cl)Cl)Cc2ccccc2O1. The monoisotopic (exact) mass is 293 g/mol. The molecule has 1 aliphatic rings. The van der Waals surface area contributed by atoms with Crippen LogP contribution in [0.15, 0.2) is 24.3 Å². The molecule has 0 aliphatic carbocycles. The van der Waals surface area contributed by atoms with Crippen molar-refractivity contribution in [3.63, 3.8) is 0 Å². The number of carbonyl (C=O) groups excluding carboxylic acids is 1. The van der Waals surface area contributed by atoms with Gasteiger partial charge in [0.15, 0.2) is 5.72 Å². The number of hydrogen-bond donors (Lipinski definition) is 1. The van der Waals surface area contributed by atoms with Crippen LogP contribution in [0.1, 0.15) is 12.5 Å². The van der Waals surface area contributed by atoms with Crippen LogP contribution < -0.4 is 10.1 Å². The van der Waals surface area contributed by atoms with Gasteiger partial charge in [0.05, 0.1) is 0 Å². The van der Waals surface area contributed by atoms with Gasteiger partial charge in [0, 0.05) is 12.0 Å². The first-order valence-electron chi connectivity index (χ1n) is 4.96. The number of fused-ring (bicyclic) bond motifs is 1. The zero-order valence-corrected chi connectivity index (χ0v) is 11.2. The number of carbonyl (C=O) groups is 1. The van der Waals surface area contributed by atoms with E-state index in [1.165, 1.54) is 0 Å². The first-order chi connectivity index (χ1) is 7.80. The summed E-state index contributed by atoms with van der Waals surface area (Å²) in [6, 6.07) is 7.54. The van der Waals surface area contributed by atoms with E-state index in [2.05, 4.69) is 5.32 Å². The molecule has 92 valence electrons. The topological polar surface area (TPSA) is 38.3 Å². The van der Waals surface area contributed by atoms with Crippen LogP contribution in [-0.4, -0.2) is 15.4 Å². The van der Waals surface area contributed by atoms with E-state index >= 15 is 0 Å². The molecule has 0 fully saturated rings. The number of amides is 1. The molecular formula is C11H10Cl3NO2. The molecule has 2 rings (SSSR count).